The minimum absolute atomic E-state index is 0.0298. The SMILES string of the molecule is O=C(CCNC(=O)c1ccc(Br)cc1)N[C@@H]1CCCc2ccccc21. The molecule has 2 amide bonds. The molecule has 0 saturated carbocycles. The third-order valence-electron chi connectivity index (χ3n) is 4.45. The molecule has 0 fully saturated rings. The van der Waals surface area contributed by atoms with Crippen molar-refractivity contribution in [3.8, 4) is 0 Å². The van der Waals surface area contributed by atoms with Gasteiger partial charge in [0.05, 0.1) is 6.04 Å². The fourth-order valence-electron chi connectivity index (χ4n) is 3.16. The van der Waals surface area contributed by atoms with Gasteiger partial charge in [-0.1, -0.05) is 40.2 Å². The quantitative estimate of drug-likeness (QED) is 0.802. The van der Waals surface area contributed by atoms with E-state index in [4.69, 9.17) is 0 Å². The molecule has 2 aromatic carbocycles. The number of aryl methyl sites for hydroxylation is 1. The molecule has 130 valence electrons. The summed E-state index contributed by atoms with van der Waals surface area (Å²) in [6.07, 6.45) is 3.41. The van der Waals surface area contributed by atoms with Gasteiger partial charge in [-0.2, -0.15) is 0 Å². The highest BCUT2D eigenvalue weighted by molar-refractivity contribution is 9.10. The number of nitrogens with one attached hydrogen (secondary N) is 2. The van der Waals surface area contributed by atoms with E-state index < -0.39 is 0 Å². The highest BCUT2D eigenvalue weighted by Crippen LogP contribution is 2.29. The topological polar surface area (TPSA) is 58.2 Å². The number of fused-ring (bicyclic) bond motifs is 1. The number of carbonyl (C=O) groups excluding carboxylic acids is 2. The van der Waals surface area contributed by atoms with Gasteiger partial charge in [-0.25, -0.2) is 0 Å². The minimum atomic E-state index is -0.164. The van der Waals surface area contributed by atoms with E-state index in [0.29, 0.717) is 12.1 Å². The summed E-state index contributed by atoms with van der Waals surface area (Å²) in [5, 5.41) is 5.89. The van der Waals surface area contributed by atoms with E-state index in [2.05, 4.69) is 38.7 Å². The number of halogens is 1. The van der Waals surface area contributed by atoms with E-state index in [-0.39, 0.29) is 24.3 Å². The molecule has 0 bridgehead atoms. The Morgan fingerprint density at radius 2 is 1.84 bits per heavy atom. The van der Waals surface area contributed by atoms with E-state index in [1.807, 2.05) is 24.3 Å². The van der Waals surface area contributed by atoms with E-state index in [9.17, 15) is 9.59 Å². The lowest BCUT2D eigenvalue weighted by molar-refractivity contribution is -0.121. The van der Waals surface area contributed by atoms with Crippen LogP contribution in [-0.4, -0.2) is 18.4 Å². The molecule has 1 aliphatic carbocycles. The first-order chi connectivity index (χ1) is 12.1. The lowest BCUT2D eigenvalue weighted by atomic mass is 9.88. The molecular weight excluding hydrogens is 380 g/mol. The maximum Gasteiger partial charge on any atom is 0.251 e. The molecule has 1 aliphatic rings. The lowest BCUT2D eigenvalue weighted by Crippen LogP contribution is -2.34. The molecule has 2 aromatic rings. The lowest BCUT2D eigenvalue weighted by Gasteiger charge is -2.26. The highest BCUT2D eigenvalue weighted by Gasteiger charge is 2.21. The number of hydrogen-bond donors (Lipinski definition) is 2. The first-order valence-corrected chi connectivity index (χ1v) is 9.34. The maximum atomic E-state index is 12.2. The van der Waals surface area contributed by atoms with E-state index in [1.54, 1.807) is 12.1 Å². The summed E-state index contributed by atoms with van der Waals surface area (Å²) >= 11 is 3.34. The Morgan fingerprint density at radius 1 is 1.08 bits per heavy atom. The van der Waals surface area contributed by atoms with Crippen molar-refractivity contribution in [2.75, 3.05) is 6.54 Å². The van der Waals surface area contributed by atoms with Crippen molar-refractivity contribution in [1.82, 2.24) is 10.6 Å². The smallest absolute Gasteiger partial charge is 0.251 e. The molecule has 5 heteroatoms. The van der Waals surface area contributed by atoms with Gasteiger partial charge in [-0.15, -0.1) is 0 Å². The van der Waals surface area contributed by atoms with Gasteiger partial charge in [0.1, 0.15) is 0 Å². The van der Waals surface area contributed by atoms with E-state index >= 15 is 0 Å². The second-order valence-electron chi connectivity index (χ2n) is 6.22. The monoisotopic (exact) mass is 400 g/mol. The molecule has 0 heterocycles. The van der Waals surface area contributed by atoms with Crippen LogP contribution in [0.2, 0.25) is 0 Å². The van der Waals surface area contributed by atoms with Crippen LogP contribution in [-0.2, 0) is 11.2 Å². The summed E-state index contributed by atoms with van der Waals surface area (Å²) in [5.41, 5.74) is 3.13. The summed E-state index contributed by atoms with van der Waals surface area (Å²) in [6, 6.07) is 15.5. The van der Waals surface area contributed by atoms with Gasteiger partial charge in [0.2, 0.25) is 5.91 Å². The number of rotatable bonds is 5. The van der Waals surface area contributed by atoms with E-state index in [1.165, 1.54) is 11.1 Å². The van der Waals surface area contributed by atoms with Crippen molar-refractivity contribution in [1.29, 1.82) is 0 Å². The molecule has 0 radical (unpaired) electrons. The van der Waals surface area contributed by atoms with Crippen LogP contribution >= 0.6 is 15.9 Å². The predicted octanol–water partition coefficient (Wildman–Crippen LogP) is 3.76. The zero-order chi connectivity index (χ0) is 17.6. The molecule has 0 spiro atoms. The summed E-state index contributed by atoms with van der Waals surface area (Å²) in [6.45, 7) is 0.328. The van der Waals surface area contributed by atoms with Crippen LogP contribution in [0, 0.1) is 0 Å². The average molecular weight is 401 g/mol. The largest absolute Gasteiger partial charge is 0.352 e. The molecule has 1 atom stereocenters. The van der Waals surface area contributed by atoms with Crippen molar-refractivity contribution >= 4 is 27.7 Å². The van der Waals surface area contributed by atoms with Crippen LogP contribution in [0.3, 0.4) is 0 Å². The predicted molar refractivity (Wildman–Crippen MR) is 101 cm³/mol. The van der Waals surface area contributed by atoms with Crippen molar-refractivity contribution in [2.45, 2.75) is 31.7 Å². The Labute approximate surface area is 156 Å². The second kappa shape index (κ2) is 8.30. The summed E-state index contributed by atoms with van der Waals surface area (Å²) < 4.78 is 0.927. The molecule has 0 unspecified atom stereocenters. The normalized spacial score (nSPS) is 16.0. The van der Waals surface area contributed by atoms with Crippen molar-refractivity contribution in [3.63, 3.8) is 0 Å². The zero-order valence-corrected chi connectivity index (χ0v) is 15.5. The number of hydrogen-bond acceptors (Lipinski definition) is 2. The van der Waals surface area contributed by atoms with Gasteiger partial charge in [-0.05, 0) is 54.7 Å². The Morgan fingerprint density at radius 3 is 2.64 bits per heavy atom. The molecule has 25 heavy (non-hydrogen) atoms. The van der Waals surface area contributed by atoms with Crippen LogP contribution in [0.4, 0.5) is 0 Å². The first-order valence-electron chi connectivity index (χ1n) is 8.54. The maximum absolute atomic E-state index is 12.2. The van der Waals surface area contributed by atoms with Crippen LogP contribution in [0.5, 0.6) is 0 Å². The first kappa shape index (κ1) is 17.7. The summed E-state index contributed by atoms with van der Waals surface area (Å²) in [5.74, 6) is -0.193. The van der Waals surface area contributed by atoms with Crippen molar-refractivity contribution in [3.05, 3.63) is 69.7 Å². The van der Waals surface area contributed by atoms with Crippen molar-refractivity contribution in [2.24, 2.45) is 0 Å². The molecule has 3 rings (SSSR count). The molecule has 4 nitrogen and oxygen atoms in total. The van der Waals surface area contributed by atoms with Crippen LogP contribution < -0.4 is 10.6 Å². The fourth-order valence-corrected chi connectivity index (χ4v) is 3.43. The Balaban J connectivity index is 1.47. The fraction of sp³-hybridized carbons (Fsp3) is 0.300. The number of carbonyl (C=O) groups is 2. The summed E-state index contributed by atoms with van der Waals surface area (Å²) in [4.78, 5) is 24.2. The Bertz CT molecular complexity index is 759. The number of amides is 2. The molecule has 0 saturated heterocycles. The molecule has 0 aromatic heterocycles. The highest BCUT2D eigenvalue weighted by atomic mass is 79.9. The van der Waals surface area contributed by atoms with Gasteiger partial charge >= 0.3 is 0 Å². The van der Waals surface area contributed by atoms with Crippen LogP contribution in [0.15, 0.2) is 53.0 Å². The van der Waals surface area contributed by atoms with Gasteiger partial charge < -0.3 is 10.6 Å². The summed E-state index contributed by atoms with van der Waals surface area (Å²) in [7, 11) is 0. The van der Waals surface area contributed by atoms with Crippen LogP contribution in [0.25, 0.3) is 0 Å². The second-order valence-corrected chi connectivity index (χ2v) is 7.14. The third kappa shape index (κ3) is 4.69. The average Bonchev–Trinajstić information content (AvgIpc) is 2.62. The zero-order valence-electron chi connectivity index (χ0n) is 13.9. The van der Waals surface area contributed by atoms with Gasteiger partial charge in [-0.3, -0.25) is 9.59 Å². The molecular formula is C20H21BrN2O2. The molecule has 2 N–H and O–H groups in total. The Kier molecular flexibility index (Phi) is 5.87. The third-order valence-corrected chi connectivity index (χ3v) is 4.98. The van der Waals surface area contributed by atoms with Gasteiger partial charge in [0.25, 0.3) is 5.91 Å². The van der Waals surface area contributed by atoms with Gasteiger partial charge in [0.15, 0.2) is 0 Å². The number of benzene rings is 2. The van der Waals surface area contributed by atoms with Gasteiger partial charge in [0, 0.05) is 23.0 Å². The minimum Gasteiger partial charge on any atom is -0.352 e. The van der Waals surface area contributed by atoms with Crippen molar-refractivity contribution < 1.29 is 9.59 Å². The molecule has 0 aliphatic heterocycles. The van der Waals surface area contributed by atoms with Crippen LogP contribution in [0.1, 0.15) is 46.8 Å². The standard InChI is InChI=1S/C20H21BrN2O2/c21-16-10-8-15(9-11-16)20(25)22-13-12-19(24)23-18-7-3-5-14-4-1-2-6-17(14)18/h1-2,4,6,8-11,18H,3,5,7,12-13H2,(H,22,25)(H,23,24)/t18-/m1/s1. The van der Waals surface area contributed by atoms with E-state index in [0.717, 1.165) is 23.7 Å². The Hall–Kier alpha value is -2.14.